The number of thioether (sulfide) groups is 1. The monoisotopic (exact) mass is 186 g/mol. The second kappa shape index (κ2) is 3.81. The van der Waals surface area contributed by atoms with Crippen LogP contribution in [-0.4, -0.2) is 11.3 Å². The predicted molar refractivity (Wildman–Crippen MR) is 55.7 cm³/mol. The highest BCUT2D eigenvalue weighted by Gasteiger charge is 2.46. The van der Waals surface area contributed by atoms with Crippen molar-refractivity contribution in [3.8, 4) is 0 Å². The minimum absolute atomic E-state index is 0.432. The Morgan fingerprint density at radius 3 is 2.67 bits per heavy atom. The molecule has 3 heteroatoms. The zero-order valence-corrected chi connectivity index (χ0v) is 8.82. The van der Waals surface area contributed by atoms with E-state index in [0.717, 1.165) is 0 Å². The quantitative estimate of drug-likeness (QED) is 0.522. The molecule has 1 saturated carbocycles. The molecule has 0 amide bonds. The molecule has 0 aromatic carbocycles. The van der Waals surface area contributed by atoms with E-state index in [9.17, 15) is 0 Å². The van der Waals surface area contributed by atoms with Crippen molar-refractivity contribution >= 4 is 11.8 Å². The second-order valence-corrected chi connectivity index (χ2v) is 5.04. The van der Waals surface area contributed by atoms with E-state index in [0.29, 0.717) is 16.7 Å². The maximum Gasteiger partial charge on any atom is 0.0343 e. The molecule has 1 fully saturated rings. The number of nitrogens with one attached hydrogen (secondary N) is 1. The molecule has 0 aromatic heterocycles. The fourth-order valence-electron chi connectivity index (χ4n) is 1.76. The van der Waals surface area contributed by atoms with Crippen LogP contribution in [0.25, 0.3) is 0 Å². The van der Waals surface area contributed by atoms with Crippen molar-refractivity contribution in [2.75, 3.05) is 0 Å². The molecule has 0 bridgehead atoms. The molecule has 0 aromatic rings. The minimum Gasteiger partial charge on any atom is -0.271 e. The van der Waals surface area contributed by atoms with Gasteiger partial charge in [0.15, 0.2) is 0 Å². The Kier molecular flexibility index (Phi) is 3.21. The maximum absolute atomic E-state index is 5.43. The Morgan fingerprint density at radius 2 is 2.25 bits per heavy atom. The largest absolute Gasteiger partial charge is 0.271 e. The van der Waals surface area contributed by atoms with Crippen molar-refractivity contribution in [1.29, 1.82) is 0 Å². The van der Waals surface area contributed by atoms with Crippen LogP contribution in [0.4, 0.5) is 0 Å². The van der Waals surface area contributed by atoms with Gasteiger partial charge < -0.3 is 0 Å². The van der Waals surface area contributed by atoms with Gasteiger partial charge in [-0.3, -0.25) is 11.3 Å². The average molecular weight is 186 g/mol. The van der Waals surface area contributed by atoms with E-state index in [1.807, 2.05) is 18.7 Å². The normalized spacial score (nSPS) is 33.7. The van der Waals surface area contributed by atoms with Crippen molar-refractivity contribution in [1.82, 2.24) is 5.43 Å². The lowest BCUT2D eigenvalue weighted by Gasteiger charge is -2.50. The molecule has 1 rings (SSSR count). The number of rotatable bonds is 3. The lowest BCUT2D eigenvalue weighted by atomic mass is 9.68. The lowest BCUT2D eigenvalue weighted by Crippen LogP contribution is -2.59. The van der Waals surface area contributed by atoms with Crippen molar-refractivity contribution in [3.63, 3.8) is 0 Å². The van der Waals surface area contributed by atoms with Gasteiger partial charge in [-0.25, -0.2) is 0 Å². The Balaban J connectivity index is 2.46. The molecule has 2 unspecified atom stereocenters. The predicted octanol–water partition coefficient (Wildman–Crippen LogP) is 1.88. The molecule has 0 spiro atoms. The van der Waals surface area contributed by atoms with Gasteiger partial charge in [0.05, 0.1) is 0 Å². The van der Waals surface area contributed by atoms with Crippen LogP contribution in [0.1, 0.15) is 27.2 Å². The van der Waals surface area contributed by atoms with Gasteiger partial charge in [-0.15, -0.1) is 11.8 Å². The highest BCUT2D eigenvalue weighted by molar-refractivity contribution is 8.02. The standard InChI is InChI=1S/C9H18N2S/c1-4-5-12-8-7(11-10)6-9(8,2)3/h4-5,7-8,11H,6,10H2,1-3H3/b5-4+. The molecule has 2 atom stereocenters. The average Bonchev–Trinajstić information content (AvgIpc) is 2.01. The van der Waals surface area contributed by atoms with Crippen molar-refractivity contribution in [2.45, 2.75) is 38.5 Å². The van der Waals surface area contributed by atoms with E-state index >= 15 is 0 Å². The van der Waals surface area contributed by atoms with Crippen LogP contribution in [0, 0.1) is 5.41 Å². The smallest absolute Gasteiger partial charge is 0.0343 e. The summed E-state index contributed by atoms with van der Waals surface area (Å²) in [5.74, 6) is 5.43. The van der Waals surface area contributed by atoms with E-state index in [4.69, 9.17) is 5.84 Å². The molecule has 70 valence electrons. The third-order valence-electron chi connectivity index (χ3n) is 2.46. The summed E-state index contributed by atoms with van der Waals surface area (Å²) < 4.78 is 0. The summed E-state index contributed by atoms with van der Waals surface area (Å²) in [6.45, 7) is 6.63. The third-order valence-corrected chi connectivity index (χ3v) is 4.15. The van der Waals surface area contributed by atoms with Gasteiger partial charge >= 0.3 is 0 Å². The molecule has 0 heterocycles. The minimum atomic E-state index is 0.432. The van der Waals surface area contributed by atoms with Crippen LogP contribution >= 0.6 is 11.8 Å². The Hall–Kier alpha value is 0.01000. The van der Waals surface area contributed by atoms with Crippen LogP contribution in [0.15, 0.2) is 11.5 Å². The molecule has 1 aliphatic carbocycles. The summed E-state index contributed by atoms with van der Waals surface area (Å²) in [7, 11) is 0. The molecule has 0 aliphatic heterocycles. The number of hydrazine groups is 1. The van der Waals surface area contributed by atoms with E-state index in [1.165, 1.54) is 6.42 Å². The lowest BCUT2D eigenvalue weighted by molar-refractivity contribution is 0.141. The van der Waals surface area contributed by atoms with Gasteiger partial charge in [0.1, 0.15) is 0 Å². The van der Waals surface area contributed by atoms with E-state index in [1.54, 1.807) is 0 Å². The summed E-state index contributed by atoms with van der Waals surface area (Å²) in [6, 6.07) is 0.487. The Bertz CT molecular complexity index is 177. The molecule has 2 nitrogen and oxygen atoms in total. The summed E-state index contributed by atoms with van der Waals surface area (Å²) in [6.07, 6.45) is 3.26. The van der Waals surface area contributed by atoms with Crippen LogP contribution in [0.5, 0.6) is 0 Å². The topological polar surface area (TPSA) is 38.0 Å². The fraction of sp³-hybridized carbons (Fsp3) is 0.778. The highest BCUT2D eigenvalue weighted by atomic mass is 32.2. The Morgan fingerprint density at radius 1 is 1.58 bits per heavy atom. The van der Waals surface area contributed by atoms with Gasteiger partial charge in [0.25, 0.3) is 0 Å². The van der Waals surface area contributed by atoms with Gasteiger partial charge in [-0.2, -0.15) is 0 Å². The fourth-order valence-corrected chi connectivity index (χ4v) is 2.92. The van der Waals surface area contributed by atoms with Crippen molar-refractivity contribution in [3.05, 3.63) is 11.5 Å². The van der Waals surface area contributed by atoms with Crippen LogP contribution < -0.4 is 11.3 Å². The summed E-state index contributed by atoms with van der Waals surface area (Å²) >= 11 is 1.88. The first-order valence-electron chi connectivity index (χ1n) is 4.34. The third kappa shape index (κ3) is 1.84. The number of hydrogen-bond donors (Lipinski definition) is 2. The zero-order valence-electron chi connectivity index (χ0n) is 8.00. The Labute approximate surface area is 78.9 Å². The molecule has 1 aliphatic rings. The summed E-state index contributed by atoms with van der Waals surface area (Å²) in [5, 5.41) is 2.77. The first-order valence-corrected chi connectivity index (χ1v) is 5.29. The first kappa shape index (κ1) is 10.1. The molecular weight excluding hydrogens is 168 g/mol. The van der Waals surface area contributed by atoms with Crippen LogP contribution in [0.3, 0.4) is 0 Å². The molecule has 3 N–H and O–H groups in total. The van der Waals surface area contributed by atoms with Crippen LogP contribution in [-0.2, 0) is 0 Å². The van der Waals surface area contributed by atoms with Crippen LogP contribution in [0.2, 0.25) is 0 Å². The summed E-state index contributed by atoms with van der Waals surface area (Å²) in [4.78, 5) is 0. The maximum atomic E-state index is 5.43. The van der Waals surface area contributed by atoms with Gasteiger partial charge in [0.2, 0.25) is 0 Å². The van der Waals surface area contributed by atoms with E-state index < -0.39 is 0 Å². The van der Waals surface area contributed by atoms with Gasteiger partial charge in [0, 0.05) is 11.3 Å². The number of hydrogen-bond acceptors (Lipinski definition) is 3. The van der Waals surface area contributed by atoms with Gasteiger partial charge in [-0.1, -0.05) is 19.9 Å². The number of nitrogens with two attached hydrogens (primary N) is 1. The first-order chi connectivity index (χ1) is 5.61. The molecule has 0 saturated heterocycles. The SMILES string of the molecule is C/C=C/SC1C(NN)CC1(C)C. The van der Waals surface area contributed by atoms with E-state index in [-0.39, 0.29) is 0 Å². The van der Waals surface area contributed by atoms with Gasteiger partial charge in [-0.05, 0) is 24.2 Å². The highest BCUT2D eigenvalue weighted by Crippen LogP contribution is 2.47. The molecule has 12 heavy (non-hydrogen) atoms. The zero-order chi connectivity index (χ0) is 9.19. The number of allylic oxidation sites excluding steroid dienone is 1. The van der Waals surface area contributed by atoms with E-state index in [2.05, 4.69) is 30.8 Å². The summed E-state index contributed by atoms with van der Waals surface area (Å²) in [5.41, 5.74) is 3.29. The second-order valence-electron chi connectivity index (χ2n) is 3.99. The molecule has 0 radical (unpaired) electrons. The molecular formula is C9H18N2S. The van der Waals surface area contributed by atoms with Crippen molar-refractivity contribution < 1.29 is 0 Å². The van der Waals surface area contributed by atoms with Crippen molar-refractivity contribution in [2.24, 2.45) is 11.3 Å².